The van der Waals surface area contributed by atoms with E-state index in [4.69, 9.17) is 5.11 Å². The summed E-state index contributed by atoms with van der Waals surface area (Å²) in [4.78, 5) is 0. The smallest absolute Gasteiger partial charge is 0.0509 e. The summed E-state index contributed by atoms with van der Waals surface area (Å²) in [6, 6.07) is 0. The number of rotatable bonds is 1. The molecule has 34 valence electrons. The summed E-state index contributed by atoms with van der Waals surface area (Å²) in [6.07, 6.45) is 0.745. The molecule has 0 aromatic carbocycles. The maximum absolute atomic E-state index is 8.36. The Morgan fingerprint density at radius 2 is 1.83 bits per heavy atom. The van der Waals surface area contributed by atoms with Crippen LogP contribution in [0.1, 0.15) is 20.3 Å². The van der Waals surface area contributed by atoms with Crippen molar-refractivity contribution in [2.75, 3.05) is 0 Å². The van der Waals surface area contributed by atoms with Crippen molar-refractivity contribution in [2.24, 2.45) is 0 Å². The van der Waals surface area contributed by atoms with Gasteiger partial charge >= 0.3 is 0 Å². The van der Waals surface area contributed by atoms with E-state index in [1.807, 2.05) is 6.92 Å². The van der Waals surface area contributed by atoms with Crippen molar-refractivity contribution in [1.29, 1.82) is 0 Å². The Hall–Kier alpha value is -1.04. The molecule has 1 atom stereocenters. The van der Waals surface area contributed by atoms with Gasteiger partial charge in [-0.05, 0) is 13.3 Å². The summed E-state index contributed by atoms with van der Waals surface area (Å²) in [5.74, 6) is 0. The molecule has 6 heavy (non-hydrogen) atoms. The van der Waals surface area contributed by atoms with E-state index >= 15 is 0 Å². The third-order valence-corrected chi connectivity index (χ3v) is 0.591. The molecule has 0 fully saturated rings. The first-order chi connectivity index (χ1) is 2.27. The minimum absolute atomic E-state index is 0. The molecule has 1 unspecified atom stereocenters. The summed E-state index contributed by atoms with van der Waals surface area (Å²) >= 11 is 0. The van der Waals surface area contributed by atoms with Crippen molar-refractivity contribution >= 4 is 0 Å². The van der Waals surface area contributed by atoms with Crippen LogP contribution in [0.5, 0.6) is 0 Å². The van der Waals surface area contributed by atoms with Gasteiger partial charge in [-0.15, -0.1) is 0 Å². The maximum atomic E-state index is 8.36. The van der Waals surface area contributed by atoms with Crippen LogP contribution in [0, 0.1) is 0 Å². The molecule has 0 aliphatic rings. The minimum Gasteiger partial charge on any atom is -0.393 e. The minimum atomic E-state index is -0.116. The second kappa shape index (κ2) is 3.96. The average Bonchev–Trinajstić information content (AvgIpc) is 1.38. The summed E-state index contributed by atoms with van der Waals surface area (Å²) in [7, 11) is 0. The summed E-state index contributed by atoms with van der Waals surface area (Å²) in [6.45, 7) is 3.73. The predicted octanol–water partition coefficient (Wildman–Crippen LogP) is 0.777. The van der Waals surface area contributed by atoms with Gasteiger partial charge < -0.3 is 5.11 Å². The quantitative estimate of drug-likeness (QED) is 0.747. The van der Waals surface area contributed by atoms with Crippen molar-refractivity contribution < 1.29 is 5.11 Å². The molecule has 0 aliphatic heterocycles. The maximum Gasteiger partial charge on any atom is 0.0509 e. The third kappa shape index (κ3) is 12.3. The van der Waals surface area contributed by atoms with Crippen LogP contribution in [0.15, 0.2) is 0 Å². The summed E-state index contributed by atoms with van der Waals surface area (Å²) in [5.41, 5.74) is 0. The van der Waals surface area contributed by atoms with Gasteiger partial charge in [0.15, 0.2) is 0 Å². The normalized spacial score (nSPS) is 12.5. The van der Waals surface area contributed by atoms with Gasteiger partial charge in [0, 0.05) is 0 Å². The first-order valence-corrected chi connectivity index (χ1v) is 1.95. The zero-order chi connectivity index (χ0) is 4.28. The Morgan fingerprint density at radius 3 is 1.83 bits per heavy atom. The Morgan fingerprint density at radius 1 is 1.67 bits per heavy atom. The SMILES string of the molecule is CCC(C)O.[Rf]. The van der Waals surface area contributed by atoms with Crippen LogP contribution in [0.25, 0.3) is 0 Å². The fraction of sp³-hybridized carbons (Fsp3) is 1.00. The monoisotopic (exact) mass is 341 g/mol. The Balaban J connectivity index is 0. The van der Waals surface area contributed by atoms with Gasteiger partial charge in [-0.1, -0.05) is 6.92 Å². The zero-order valence-electron chi connectivity index (χ0n) is 4.44. The van der Waals surface area contributed by atoms with E-state index in [2.05, 4.69) is 0 Å². The fourth-order valence-electron chi connectivity index (χ4n) is 0. The van der Waals surface area contributed by atoms with Crippen molar-refractivity contribution in [3.8, 4) is 0 Å². The number of hydrogen-bond acceptors (Lipinski definition) is 1. The molecule has 0 saturated heterocycles. The molecule has 0 saturated carbocycles. The van der Waals surface area contributed by atoms with E-state index in [0.29, 0.717) is 0 Å². The third-order valence-electron chi connectivity index (χ3n) is 0.591. The van der Waals surface area contributed by atoms with E-state index in [-0.39, 0.29) is 6.10 Å². The molecule has 0 aliphatic carbocycles. The molecule has 0 spiro atoms. The fourth-order valence-corrected chi connectivity index (χ4v) is 0. The van der Waals surface area contributed by atoms with Crippen molar-refractivity contribution in [3.63, 3.8) is 0 Å². The van der Waals surface area contributed by atoms with Gasteiger partial charge in [-0.2, -0.15) is 0 Å². The number of aliphatic hydroxyl groups excluding tert-OH is 1. The van der Waals surface area contributed by atoms with E-state index in [9.17, 15) is 0 Å². The predicted molar refractivity (Wildman–Crippen MR) is 22.0 cm³/mol. The van der Waals surface area contributed by atoms with Crippen LogP contribution in [0.3, 0.4) is 0 Å². The number of hydrogen-bond donors (Lipinski definition) is 1. The van der Waals surface area contributed by atoms with E-state index < -0.39 is 0 Å². The molecule has 1 N–H and O–H groups in total. The standard InChI is InChI=1S/C4H10O.Rf/c1-3-4(2)5;/h4-5H,3H2,1-2H3;. The summed E-state index contributed by atoms with van der Waals surface area (Å²) in [5, 5.41) is 8.36. The molecule has 0 aromatic rings. The second-order valence-corrected chi connectivity index (χ2v) is 1.26. The van der Waals surface area contributed by atoms with E-state index in [1.54, 1.807) is 6.92 Å². The average molecular weight is 341 g/mol. The molecule has 0 aromatic heterocycles. The van der Waals surface area contributed by atoms with Gasteiger partial charge in [0.1, 0.15) is 0 Å². The van der Waals surface area contributed by atoms with Gasteiger partial charge in [-0.3, -0.25) is 0 Å². The Labute approximate surface area is 32.6 Å². The van der Waals surface area contributed by atoms with Crippen molar-refractivity contribution in [1.82, 2.24) is 0 Å². The van der Waals surface area contributed by atoms with E-state index in [1.165, 1.54) is 0 Å². The van der Waals surface area contributed by atoms with Crippen LogP contribution in [-0.4, -0.2) is 11.2 Å². The van der Waals surface area contributed by atoms with Crippen LogP contribution in [-0.2, 0) is 0 Å². The Bertz CT molecular complexity index is 21.5. The van der Waals surface area contributed by atoms with E-state index in [0.717, 1.165) is 6.42 Å². The largest absolute Gasteiger partial charge is 0.393 e. The molecule has 0 radical (unpaired) electrons. The van der Waals surface area contributed by atoms with Gasteiger partial charge in [0.2, 0.25) is 0 Å². The molecule has 0 amide bonds. The molecule has 2 heteroatoms. The molecular weight excluding hydrogens is 331 g/mol. The van der Waals surface area contributed by atoms with Crippen LogP contribution < -0.4 is 0 Å². The molecule has 1 nitrogen and oxygen atoms in total. The first kappa shape index (κ1) is 8.88. The van der Waals surface area contributed by atoms with Crippen molar-refractivity contribution in [2.45, 2.75) is 26.4 Å². The molecule has 0 heterocycles. The summed E-state index contributed by atoms with van der Waals surface area (Å²) < 4.78 is 0. The Kier molecular flexibility index (Phi) is 5.86. The van der Waals surface area contributed by atoms with Gasteiger partial charge in [0.05, 0.1) is 6.10 Å². The molecule has 0 rings (SSSR count). The molecular formula is C4H10ORf. The van der Waals surface area contributed by atoms with Crippen LogP contribution >= 0.6 is 0 Å². The first-order valence-electron chi connectivity index (χ1n) is 1.95. The van der Waals surface area contributed by atoms with Crippen LogP contribution in [0.4, 0.5) is 0 Å². The van der Waals surface area contributed by atoms with Gasteiger partial charge in [-0.25, -0.2) is 0 Å². The van der Waals surface area contributed by atoms with Crippen molar-refractivity contribution in [3.05, 3.63) is 0 Å². The topological polar surface area (TPSA) is 20.2 Å². The van der Waals surface area contributed by atoms with Crippen LogP contribution in [0.2, 0.25) is 0 Å². The molecule has 0 bridgehead atoms. The zero-order valence-corrected chi connectivity index (χ0v) is 10.8. The number of aliphatic hydroxyl groups is 1. The van der Waals surface area contributed by atoms with Gasteiger partial charge in [0.25, 0.3) is 0 Å². The second-order valence-electron chi connectivity index (χ2n) is 1.26.